The molecule has 0 aromatic heterocycles. The first-order chi connectivity index (χ1) is 9.81. The Balaban J connectivity index is 1.69. The molecule has 0 spiro atoms. The number of ether oxygens (including phenoxy) is 1. The molecule has 1 atom stereocenters. The Morgan fingerprint density at radius 1 is 1.20 bits per heavy atom. The normalized spacial score (nSPS) is 16.9. The number of unbranched alkanes of at least 4 members (excludes halogenated alkanes) is 5. The van der Waals surface area contributed by atoms with Crippen LogP contribution < -0.4 is 10.1 Å². The van der Waals surface area contributed by atoms with Gasteiger partial charge in [-0.1, -0.05) is 51.2 Å². The molecule has 0 radical (unpaired) electrons. The zero-order chi connectivity index (χ0) is 14.2. The lowest BCUT2D eigenvalue weighted by atomic mass is 10.0. The van der Waals surface area contributed by atoms with Gasteiger partial charge in [-0.15, -0.1) is 0 Å². The number of anilines is 1. The van der Waals surface area contributed by atoms with Crippen LogP contribution in [0.2, 0.25) is 0 Å². The molecule has 110 valence electrons. The number of rotatable bonds is 8. The number of hydrogen-bond donors (Lipinski definition) is 1. The molecule has 0 saturated carbocycles. The molecule has 3 heteroatoms. The molecule has 0 aliphatic carbocycles. The van der Waals surface area contributed by atoms with Crippen LogP contribution in [0, 0.1) is 0 Å². The summed E-state index contributed by atoms with van der Waals surface area (Å²) in [6.07, 6.45) is 7.57. The molecule has 1 unspecified atom stereocenters. The molecule has 0 amide bonds. The summed E-state index contributed by atoms with van der Waals surface area (Å²) in [7, 11) is 0. The van der Waals surface area contributed by atoms with Crippen molar-refractivity contribution in [3.63, 3.8) is 0 Å². The quantitative estimate of drug-likeness (QED) is 0.723. The lowest BCUT2D eigenvalue weighted by Crippen LogP contribution is -2.37. The van der Waals surface area contributed by atoms with E-state index in [2.05, 4.69) is 12.2 Å². The van der Waals surface area contributed by atoms with Gasteiger partial charge in [-0.25, -0.2) is 0 Å². The molecule has 1 aromatic rings. The van der Waals surface area contributed by atoms with Crippen molar-refractivity contribution in [2.45, 2.75) is 58.0 Å². The predicted molar refractivity (Wildman–Crippen MR) is 82.3 cm³/mol. The highest BCUT2D eigenvalue weighted by Gasteiger charge is 2.24. The van der Waals surface area contributed by atoms with Crippen LogP contribution in [0.4, 0.5) is 5.69 Å². The standard InChI is InChI=1S/C17H25NO2/c1-2-3-4-5-6-7-11-15(19)17-13-18-14-10-8-9-12-16(14)20-17/h8-10,12,17-18H,2-7,11,13H2,1H3. The highest BCUT2D eigenvalue weighted by Crippen LogP contribution is 2.28. The Morgan fingerprint density at radius 3 is 2.80 bits per heavy atom. The van der Waals surface area contributed by atoms with E-state index in [-0.39, 0.29) is 11.9 Å². The van der Waals surface area contributed by atoms with Crippen LogP contribution in [-0.4, -0.2) is 18.4 Å². The highest BCUT2D eigenvalue weighted by molar-refractivity contribution is 5.85. The zero-order valence-corrected chi connectivity index (χ0v) is 12.4. The second kappa shape index (κ2) is 7.93. The molecule has 20 heavy (non-hydrogen) atoms. The van der Waals surface area contributed by atoms with Gasteiger partial charge in [-0.3, -0.25) is 4.79 Å². The minimum Gasteiger partial charge on any atom is -0.479 e. The summed E-state index contributed by atoms with van der Waals surface area (Å²) >= 11 is 0. The average molecular weight is 275 g/mol. The van der Waals surface area contributed by atoms with Crippen molar-refractivity contribution >= 4 is 11.5 Å². The van der Waals surface area contributed by atoms with Crippen LogP contribution in [0.1, 0.15) is 51.9 Å². The third-order valence-electron chi connectivity index (χ3n) is 3.77. The van der Waals surface area contributed by atoms with E-state index in [1.54, 1.807) is 0 Å². The van der Waals surface area contributed by atoms with E-state index in [9.17, 15) is 4.79 Å². The molecule has 3 nitrogen and oxygen atoms in total. The number of benzene rings is 1. The fraction of sp³-hybridized carbons (Fsp3) is 0.588. The molecule has 1 N–H and O–H groups in total. The molecular weight excluding hydrogens is 250 g/mol. The van der Waals surface area contributed by atoms with Crippen molar-refractivity contribution in [2.24, 2.45) is 0 Å². The van der Waals surface area contributed by atoms with Crippen LogP contribution in [-0.2, 0) is 4.79 Å². The lowest BCUT2D eigenvalue weighted by Gasteiger charge is -2.26. The Morgan fingerprint density at radius 2 is 1.95 bits per heavy atom. The van der Waals surface area contributed by atoms with E-state index < -0.39 is 0 Å². The maximum absolute atomic E-state index is 12.1. The minimum atomic E-state index is -0.319. The molecule has 1 aliphatic rings. The summed E-state index contributed by atoms with van der Waals surface area (Å²) < 4.78 is 5.78. The number of nitrogens with one attached hydrogen (secondary N) is 1. The van der Waals surface area contributed by atoms with E-state index in [1.807, 2.05) is 24.3 Å². The van der Waals surface area contributed by atoms with Gasteiger partial charge >= 0.3 is 0 Å². The topological polar surface area (TPSA) is 38.3 Å². The van der Waals surface area contributed by atoms with E-state index in [1.165, 1.54) is 25.7 Å². The van der Waals surface area contributed by atoms with E-state index in [0.717, 1.165) is 24.3 Å². The molecule has 1 aliphatic heterocycles. The Bertz CT molecular complexity index is 431. The van der Waals surface area contributed by atoms with E-state index >= 15 is 0 Å². The van der Waals surface area contributed by atoms with Crippen molar-refractivity contribution in [1.82, 2.24) is 0 Å². The number of carbonyl (C=O) groups is 1. The van der Waals surface area contributed by atoms with Gasteiger partial charge in [-0.2, -0.15) is 0 Å². The molecule has 1 aromatic carbocycles. The van der Waals surface area contributed by atoms with Crippen LogP contribution in [0.3, 0.4) is 0 Å². The summed E-state index contributed by atoms with van der Waals surface area (Å²) in [5.74, 6) is 1.02. The first-order valence-electron chi connectivity index (χ1n) is 7.83. The molecule has 0 saturated heterocycles. The summed E-state index contributed by atoms with van der Waals surface area (Å²) in [5.41, 5.74) is 0.983. The van der Waals surface area contributed by atoms with Gasteiger partial charge in [-0.05, 0) is 18.6 Å². The van der Waals surface area contributed by atoms with Crippen molar-refractivity contribution in [2.75, 3.05) is 11.9 Å². The molecule has 2 rings (SSSR count). The third kappa shape index (κ3) is 4.26. The second-order valence-electron chi connectivity index (χ2n) is 5.47. The van der Waals surface area contributed by atoms with Crippen LogP contribution in [0.15, 0.2) is 24.3 Å². The van der Waals surface area contributed by atoms with Gasteiger partial charge in [0, 0.05) is 6.42 Å². The molecule has 1 heterocycles. The summed E-state index contributed by atoms with van der Waals surface area (Å²) in [6, 6.07) is 7.78. The van der Waals surface area contributed by atoms with Crippen molar-refractivity contribution in [3.05, 3.63) is 24.3 Å². The minimum absolute atomic E-state index is 0.225. The SMILES string of the molecule is CCCCCCCCC(=O)C1CNc2ccccc2O1. The fourth-order valence-corrected chi connectivity index (χ4v) is 2.53. The van der Waals surface area contributed by atoms with Crippen molar-refractivity contribution in [1.29, 1.82) is 0 Å². The summed E-state index contributed by atoms with van der Waals surface area (Å²) in [4.78, 5) is 12.1. The van der Waals surface area contributed by atoms with Gasteiger partial charge in [0.15, 0.2) is 11.9 Å². The predicted octanol–water partition coefficient (Wildman–Crippen LogP) is 4.18. The zero-order valence-electron chi connectivity index (χ0n) is 12.4. The van der Waals surface area contributed by atoms with E-state index in [4.69, 9.17) is 4.74 Å². The van der Waals surface area contributed by atoms with Gasteiger partial charge in [0.25, 0.3) is 0 Å². The first kappa shape index (κ1) is 14.9. The number of carbonyl (C=O) groups excluding carboxylic acids is 1. The van der Waals surface area contributed by atoms with Gasteiger partial charge in [0.2, 0.25) is 0 Å². The first-order valence-corrected chi connectivity index (χ1v) is 7.83. The fourth-order valence-electron chi connectivity index (χ4n) is 2.53. The second-order valence-corrected chi connectivity index (χ2v) is 5.47. The number of hydrogen-bond acceptors (Lipinski definition) is 3. The average Bonchev–Trinajstić information content (AvgIpc) is 2.50. The largest absolute Gasteiger partial charge is 0.479 e. The van der Waals surface area contributed by atoms with Crippen LogP contribution in [0.25, 0.3) is 0 Å². The third-order valence-corrected chi connectivity index (χ3v) is 3.77. The smallest absolute Gasteiger partial charge is 0.175 e. The Kier molecular flexibility index (Phi) is 5.90. The van der Waals surface area contributed by atoms with Crippen molar-refractivity contribution in [3.8, 4) is 5.75 Å². The van der Waals surface area contributed by atoms with Gasteiger partial charge < -0.3 is 10.1 Å². The number of Topliss-reactive ketones (excluding diaryl/α,β-unsaturated/α-hetero) is 1. The van der Waals surface area contributed by atoms with Crippen LogP contribution in [0.5, 0.6) is 5.75 Å². The van der Waals surface area contributed by atoms with Gasteiger partial charge in [0.1, 0.15) is 5.75 Å². The van der Waals surface area contributed by atoms with E-state index in [0.29, 0.717) is 13.0 Å². The molecular formula is C17H25NO2. The highest BCUT2D eigenvalue weighted by atomic mass is 16.5. The molecule has 0 fully saturated rings. The summed E-state index contributed by atoms with van der Waals surface area (Å²) in [5, 5.41) is 3.27. The van der Waals surface area contributed by atoms with Crippen molar-refractivity contribution < 1.29 is 9.53 Å². The maximum Gasteiger partial charge on any atom is 0.175 e. The summed E-state index contributed by atoms with van der Waals surface area (Å²) in [6.45, 7) is 2.81. The Labute approximate surface area is 121 Å². The lowest BCUT2D eigenvalue weighted by molar-refractivity contribution is -0.125. The van der Waals surface area contributed by atoms with Gasteiger partial charge in [0.05, 0.1) is 12.2 Å². The number of fused-ring (bicyclic) bond motifs is 1. The monoisotopic (exact) mass is 275 g/mol. The Hall–Kier alpha value is -1.51. The number of ketones is 1. The molecule has 0 bridgehead atoms. The maximum atomic E-state index is 12.1. The van der Waals surface area contributed by atoms with Crippen LogP contribution >= 0.6 is 0 Å². The number of para-hydroxylation sites is 2.